The predicted octanol–water partition coefficient (Wildman–Crippen LogP) is 5.77. The van der Waals surface area contributed by atoms with Crippen LogP contribution in [0.2, 0.25) is 0 Å². The Morgan fingerprint density at radius 2 is 1.64 bits per heavy atom. The summed E-state index contributed by atoms with van der Waals surface area (Å²) in [5.74, 6) is -0.545. The molecule has 3 aliphatic rings. The molecular weight excluding hydrogens is 484 g/mol. The van der Waals surface area contributed by atoms with Crippen molar-refractivity contribution in [1.29, 1.82) is 0 Å². The molecule has 0 bridgehead atoms. The largest absolute Gasteiger partial charge is 0.871 e. The second-order valence-electron chi connectivity index (χ2n) is 10.5. The number of dihydropyridines is 1. The third-order valence-corrected chi connectivity index (χ3v) is 7.75. The summed E-state index contributed by atoms with van der Waals surface area (Å²) in [6.45, 7) is 5.17. The first kappa shape index (κ1) is 26.8. The number of Topliss-reactive ketones (excluding diaryl/α,β-unsaturated/α-hetero) is 1. The molecule has 1 aliphatic carbocycles. The monoisotopic (exact) mass is 522 g/mol. The number of carbonyl (C=O) groups is 1. The zero-order valence-corrected chi connectivity index (χ0v) is 22.9. The van der Waals surface area contributed by atoms with Crippen molar-refractivity contribution in [3.8, 4) is 0 Å². The van der Waals surface area contributed by atoms with E-state index >= 15 is 0 Å². The van der Waals surface area contributed by atoms with E-state index in [1.54, 1.807) is 24.6 Å². The predicted molar refractivity (Wildman–Crippen MR) is 156 cm³/mol. The van der Waals surface area contributed by atoms with Gasteiger partial charge in [-0.3, -0.25) is 9.78 Å². The normalized spacial score (nSPS) is 19.1. The lowest BCUT2D eigenvalue weighted by molar-refractivity contribution is -0.534. The minimum absolute atomic E-state index is 0.153. The van der Waals surface area contributed by atoms with Crippen LogP contribution in [-0.4, -0.2) is 46.9 Å². The number of aromatic nitrogens is 1. The second-order valence-corrected chi connectivity index (χ2v) is 10.5. The zero-order chi connectivity index (χ0) is 27.0. The Morgan fingerprint density at radius 3 is 2.31 bits per heavy atom. The van der Waals surface area contributed by atoms with Crippen molar-refractivity contribution in [3.05, 3.63) is 83.5 Å². The van der Waals surface area contributed by atoms with Crippen LogP contribution in [0.5, 0.6) is 0 Å². The van der Waals surface area contributed by atoms with E-state index in [4.69, 9.17) is 0 Å². The van der Waals surface area contributed by atoms with Crippen LogP contribution in [0.25, 0.3) is 5.57 Å². The van der Waals surface area contributed by atoms with E-state index in [-0.39, 0.29) is 22.7 Å². The summed E-state index contributed by atoms with van der Waals surface area (Å²) in [5, 5.41) is 13.1. The van der Waals surface area contributed by atoms with Gasteiger partial charge in [0.15, 0.2) is 5.78 Å². The van der Waals surface area contributed by atoms with Crippen LogP contribution >= 0.6 is 0 Å². The molecule has 1 aromatic carbocycles. The minimum Gasteiger partial charge on any atom is -0.871 e. The van der Waals surface area contributed by atoms with Crippen molar-refractivity contribution >= 4 is 34.7 Å². The van der Waals surface area contributed by atoms with Gasteiger partial charge in [-0.2, -0.15) is 0 Å². The minimum atomic E-state index is -0.273. The summed E-state index contributed by atoms with van der Waals surface area (Å²) in [4.78, 5) is 24.3. The Morgan fingerprint density at radius 1 is 0.872 bits per heavy atom. The standard InChI is InChI=1S/C33H38N4O2/c1-2-3-4-5-6-13-22-37(25-14-9-7-10-15-25)27-17-19-29(35-24-27)31-32(38)30(33(31)39)28-18-16-26(23-34-28)36-20-11-8-12-21-36/h7,9-10,14-19,23-24H,2-6,8,11-13,20-22H2,1H3. The molecule has 202 valence electrons. The van der Waals surface area contributed by atoms with Gasteiger partial charge >= 0.3 is 0 Å². The summed E-state index contributed by atoms with van der Waals surface area (Å²) in [6, 6.07) is 14.1. The van der Waals surface area contributed by atoms with Crippen LogP contribution in [-0.2, 0) is 4.79 Å². The van der Waals surface area contributed by atoms with Gasteiger partial charge in [-0.05, 0) is 43.2 Å². The molecule has 0 radical (unpaired) electrons. The number of anilines is 2. The quantitative estimate of drug-likeness (QED) is 0.226. The van der Waals surface area contributed by atoms with Gasteiger partial charge in [-0.15, -0.1) is 0 Å². The first-order valence-electron chi connectivity index (χ1n) is 14.5. The molecule has 1 aromatic heterocycles. The molecule has 39 heavy (non-hydrogen) atoms. The van der Waals surface area contributed by atoms with Crippen molar-refractivity contribution in [2.24, 2.45) is 4.99 Å². The van der Waals surface area contributed by atoms with Gasteiger partial charge in [0.1, 0.15) is 13.1 Å². The molecule has 2 aliphatic heterocycles. The lowest BCUT2D eigenvalue weighted by Crippen LogP contribution is -2.31. The van der Waals surface area contributed by atoms with E-state index in [1.165, 1.54) is 51.4 Å². The highest BCUT2D eigenvalue weighted by atomic mass is 16.3. The fourth-order valence-electron chi connectivity index (χ4n) is 5.49. The summed E-state index contributed by atoms with van der Waals surface area (Å²) in [6.07, 6.45) is 18.3. The Labute approximate surface area is 231 Å². The van der Waals surface area contributed by atoms with E-state index in [9.17, 15) is 9.90 Å². The molecule has 0 atom stereocenters. The molecule has 0 spiro atoms. The first-order chi connectivity index (χ1) is 19.2. The Bertz CT molecular complexity index is 1310. The van der Waals surface area contributed by atoms with E-state index < -0.39 is 0 Å². The number of carbonyl (C=O) groups excluding carboxylic acids is 1. The summed E-state index contributed by atoms with van der Waals surface area (Å²) in [7, 11) is 0. The molecule has 0 amide bonds. The molecule has 3 heterocycles. The van der Waals surface area contributed by atoms with Crippen LogP contribution in [0.4, 0.5) is 11.4 Å². The smallest absolute Gasteiger partial charge is 0.218 e. The lowest BCUT2D eigenvalue weighted by atomic mass is 9.84. The number of para-hydroxylation sites is 1. The lowest BCUT2D eigenvalue weighted by Gasteiger charge is -2.31. The maximum Gasteiger partial charge on any atom is 0.218 e. The highest BCUT2D eigenvalue weighted by Gasteiger charge is 2.32. The molecule has 2 aromatic rings. The number of pyridine rings is 1. The van der Waals surface area contributed by atoms with E-state index in [2.05, 4.69) is 38.5 Å². The van der Waals surface area contributed by atoms with E-state index in [1.807, 2.05) is 30.3 Å². The molecule has 1 fully saturated rings. The fourth-order valence-corrected chi connectivity index (χ4v) is 5.49. The fraction of sp³-hybridized carbons (Fsp3) is 0.394. The molecular formula is C33H38N4O2. The number of hydrogen-bond acceptors (Lipinski definition) is 5. The number of benzene rings is 1. The van der Waals surface area contributed by atoms with E-state index in [0.29, 0.717) is 11.4 Å². The number of allylic oxidation sites excluding steroid dienone is 4. The summed E-state index contributed by atoms with van der Waals surface area (Å²) < 4.78 is 2.31. The third-order valence-electron chi connectivity index (χ3n) is 7.75. The highest BCUT2D eigenvalue weighted by molar-refractivity contribution is 6.39. The Hall–Kier alpha value is -3.80. The molecule has 0 unspecified atom stereocenters. The number of ketones is 1. The average molecular weight is 523 g/mol. The average Bonchev–Trinajstić information content (AvgIpc) is 2.99. The van der Waals surface area contributed by atoms with Gasteiger partial charge in [-0.25, -0.2) is 9.57 Å². The highest BCUT2D eigenvalue weighted by Crippen LogP contribution is 2.37. The van der Waals surface area contributed by atoms with Crippen LogP contribution in [0, 0.1) is 0 Å². The molecule has 5 rings (SSSR count). The second kappa shape index (κ2) is 12.8. The number of nitrogens with zero attached hydrogens (tertiary/aromatic N) is 4. The van der Waals surface area contributed by atoms with Crippen LogP contribution in [0.1, 0.15) is 70.4 Å². The maximum atomic E-state index is 13.1. The van der Waals surface area contributed by atoms with Gasteiger partial charge in [0.2, 0.25) is 5.71 Å². The van der Waals surface area contributed by atoms with Gasteiger partial charge in [-0.1, -0.05) is 63.0 Å². The van der Waals surface area contributed by atoms with Gasteiger partial charge in [0.05, 0.1) is 29.5 Å². The number of aliphatic imine (C=N–C) groups is 1. The zero-order valence-electron chi connectivity index (χ0n) is 22.9. The van der Waals surface area contributed by atoms with Gasteiger partial charge in [0, 0.05) is 42.3 Å². The van der Waals surface area contributed by atoms with Crippen LogP contribution < -0.4 is 10.0 Å². The SMILES string of the molecule is CCCCCCCCN(c1ccccc1)c1ccc(C2=C([O-])/C(=C3\C=CC(=[N+]4CCCCC4)C=N3)C2=O)nc1. The topological polar surface area (TPSA) is 71.6 Å². The third kappa shape index (κ3) is 6.11. The maximum absolute atomic E-state index is 13.1. The van der Waals surface area contributed by atoms with Gasteiger partial charge in [0.25, 0.3) is 0 Å². The van der Waals surface area contributed by atoms with Crippen molar-refractivity contribution in [2.45, 2.75) is 64.7 Å². The van der Waals surface area contributed by atoms with Crippen molar-refractivity contribution in [3.63, 3.8) is 0 Å². The van der Waals surface area contributed by atoms with Crippen molar-refractivity contribution in [1.82, 2.24) is 4.98 Å². The Kier molecular flexibility index (Phi) is 8.82. The van der Waals surface area contributed by atoms with Crippen LogP contribution in [0.3, 0.4) is 0 Å². The number of piperidine rings is 1. The van der Waals surface area contributed by atoms with E-state index in [0.717, 1.165) is 43.1 Å². The molecule has 6 nitrogen and oxygen atoms in total. The number of hydrogen-bond donors (Lipinski definition) is 0. The first-order valence-corrected chi connectivity index (χ1v) is 14.5. The summed E-state index contributed by atoms with van der Waals surface area (Å²) in [5.41, 5.74) is 4.30. The van der Waals surface area contributed by atoms with Crippen molar-refractivity contribution < 1.29 is 14.5 Å². The molecule has 0 N–H and O–H groups in total. The number of rotatable bonds is 10. The van der Waals surface area contributed by atoms with Gasteiger partial charge < -0.3 is 10.0 Å². The van der Waals surface area contributed by atoms with Crippen LogP contribution in [0.15, 0.2) is 82.8 Å². The molecule has 0 saturated carbocycles. The Balaban J connectivity index is 1.31. The van der Waals surface area contributed by atoms with Crippen molar-refractivity contribution in [2.75, 3.05) is 24.5 Å². The molecule has 1 saturated heterocycles. The number of unbranched alkanes of at least 4 members (excludes halogenated alkanes) is 5. The molecule has 6 heteroatoms. The summed E-state index contributed by atoms with van der Waals surface area (Å²) >= 11 is 0.